The van der Waals surface area contributed by atoms with Gasteiger partial charge in [0.1, 0.15) is 11.5 Å². The molecule has 1 heterocycles. The van der Waals surface area contributed by atoms with E-state index in [4.69, 9.17) is 39.5 Å². The number of nitrogens with zero attached hydrogens (tertiary/aromatic N) is 1. The molecule has 168 valence electrons. The Morgan fingerprint density at radius 3 is 2.33 bits per heavy atom. The van der Waals surface area contributed by atoms with Crippen molar-refractivity contribution in [3.8, 4) is 5.75 Å². The van der Waals surface area contributed by atoms with Crippen LogP contribution in [0.4, 0.5) is 5.69 Å². The van der Waals surface area contributed by atoms with Crippen molar-refractivity contribution in [2.45, 2.75) is 13.0 Å². The second-order valence-electron chi connectivity index (χ2n) is 7.53. The van der Waals surface area contributed by atoms with Crippen LogP contribution in [0.25, 0.3) is 5.76 Å². The zero-order chi connectivity index (χ0) is 23.9. The van der Waals surface area contributed by atoms with E-state index < -0.39 is 17.7 Å². The van der Waals surface area contributed by atoms with Crippen LogP contribution in [-0.2, 0) is 9.59 Å². The molecule has 8 heteroatoms. The van der Waals surface area contributed by atoms with Crippen molar-refractivity contribution in [1.29, 1.82) is 0 Å². The number of anilines is 1. The van der Waals surface area contributed by atoms with Crippen LogP contribution >= 0.6 is 34.8 Å². The molecule has 3 aromatic carbocycles. The predicted octanol–water partition coefficient (Wildman–Crippen LogP) is 6.59. The number of ketones is 1. The molecular formula is C25H18Cl3NO4. The fraction of sp³-hybridized carbons (Fsp3) is 0.120. The number of hydrogen-bond acceptors (Lipinski definition) is 4. The topological polar surface area (TPSA) is 66.8 Å². The monoisotopic (exact) mass is 501 g/mol. The molecule has 1 saturated heterocycles. The van der Waals surface area contributed by atoms with Crippen LogP contribution in [0.2, 0.25) is 15.1 Å². The van der Waals surface area contributed by atoms with Gasteiger partial charge in [0.15, 0.2) is 0 Å². The van der Waals surface area contributed by atoms with Crippen molar-refractivity contribution in [3.05, 3.63) is 98.0 Å². The minimum Gasteiger partial charge on any atom is -0.507 e. The van der Waals surface area contributed by atoms with E-state index in [1.807, 2.05) is 13.0 Å². The van der Waals surface area contributed by atoms with E-state index in [-0.39, 0.29) is 21.9 Å². The minimum absolute atomic E-state index is 0.0794. The first-order valence-electron chi connectivity index (χ1n) is 9.89. The summed E-state index contributed by atoms with van der Waals surface area (Å²) >= 11 is 18.5. The van der Waals surface area contributed by atoms with Gasteiger partial charge < -0.3 is 9.84 Å². The highest BCUT2D eigenvalue weighted by Crippen LogP contribution is 2.44. The third-order valence-corrected chi connectivity index (χ3v) is 6.46. The molecule has 1 amide bonds. The molecule has 5 nitrogen and oxygen atoms in total. The summed E-state index contributed by atoms with van der Waals surface area (Å²) in [4.78, 5) is 27.8. The number of carbonyl (C=O) groups is 2. The molecule has 0 spiro atoms. The molecule has 1 fully saturated rings. The Morgan fingerprint density at radius 1 is 0.939 bits per heavy atom. The molecule has 3 aromatic rings. The van der Waals surface area contributed by atoms with Gasteiger partial charge in [-0.1, -0.05) is 53.0 Å². The molecule has 0 aromatic heterocycles. The fourth-order valence-electron chi connectivity index (χ4n) is 3.84. The summed E-state index contributed by atoms with van der Waals surface area (Å²) in [6.45, 7) is 1.88. The van der Waals surface area contributed by atoms with E-state index in [0.717, 1.165) is 5.56 Å². The third kappa shape index (κ3) is 4.20. The summed E-state index contributed by atoms with van der Waals surface area (Å²) in [5.74, 6) is -1.62. The van der Waals surface area contributed by atoms with Gasteiger partial charge in [-0.25, -0.2) is 0 Å². The number of rotatable bonds is 4. The largest absolute Gasteiger partial charge is 0.507 e. The average molecular weight is 503 g/mol. The molecule has 33 heavy (non-hydrogen) atoms. The molecule has 1 aliphatic rings. The number of aliphatic hydroxyl groups excluding tert-OH is 1. The second-order valence-corrected chi connectivity index (χ2v) is 8.75. The van der Waals surface area contributed by atoms with Crippen molar-refractivity contribution >= 4 is 57.9 Å². The maximum absolute atomic E-state index is 13.2. The lowest BCUT2D eigenvalue weighted by Crippen LogP contribution is -2.29. The van der Waals surface area contributed by atoms with Gasteiger partial charge in [-0.05, 0) is 60.5 Å². The van der Waals surface area contributed by atoms with E-state index in [1.54, 1.807) is 48.5 Å². The maximum atomic E-state index is 13.2. The lowest BCUT2D eigenvalue weighted by atomic mass is 9.95. The molecule has 1 unspecified atom stereocenters. The third-order valence-electron chi connectivity index (χ3n) is 5.41. The SMILES string of the molecule is COc1cc(/C(O)=C2/C(=O)C(=O)N(c3cccc(C)c3)C2c2ccc(Cl)c(Cl)c2)ccc1Cl. The summed E-state index contributed by atoms with van der Waals surface area (Å²) < 4.78 is 5.23. The molecule has 1 aliphatic heterocycles. The number of ether oxygens (including phenoxy) is 1. The van der Waals surface area contributed by atoms with E-state index >= 15 is 0 Å². The first kappa shape index (κ1) is 23.2. The summed E-state index contributed by atoms with van der Waals surface area (Å²) in [5.41, 5.74) is 2.14. The van der Waals surface area contributed by atoms with Gasteiger partial charge >= 0.3 is 0 Å². The van der Waals surface area contributed by atoms with Gasteiger partial charge in [0, 0.05) is 11.3 Å². The highest BCUT2D eigenvalue weighted by atomic mass is 35.5. The van der Waals surface area contributed by atoms with Gasteiger partial charge in [0.05, 0.1) is 33.8 Å². The highest BCUT2D eigenvalue weighted by Gasteiger charge is 2.47. The van der Waals surface area contributed by atoms with E-state index in [1.165, 1.54) is 18.1 Å². The number of aryl methyl sites for hydroxylation is 1. The van der Waals surface area contributed by atoms with Crippen LogP contribution in [0.1, 0.15) is 22.7 Å². The van der Waals surface area contributed by atoms with E-state index in [0.29, 0.717) is 27.0 Å². The number of Topliss-reactive ketones (excluding diaryl/α,β-unsaturated/α-hetero) is 1. The fourth-order valence-corrected chi connectivity index (χ4v) is 4.34. The molecule has 0 saturated carbocycles. The maximum Gasteiger partial charge on any atom is 0.300 e. The zero-order valence-corrected chi connectivity index (χ0v) is 19.9. The Bertz CT molecular complexity index is 1320. The number of amides is 1. The van der Waals surface area contributed by atoms with Gasteiger partial charge in [0.2, 0.25) is 0 Å². The molecule has 0 radical (unpaired) electrons. The van der Waals surface area contributed by atoms with E-state index in [2.05, 4.69) is 0 Å². The molecule has 1 N–H and O–H groups in total. The van der Waals surface area contributed by atoms with Crippen LogP contribution in [0.3, 0.4) is 0 Å². The number of hydrogen-bond donors (Lipinski definition) is 1. The lowest BCUT2D eigenvalue weighted by Gasteiger charge is -2.26. The molecule has 1 atom stereocenters. The first-order valence-corrected chi connectivity index (χ1v) is 11.0. The van der Waals surface area contributed by atoms with Crippen LogP contribution in [0, 0.1) is 6.92 Å². The molecule has 4 rings (SSSR count). The standard InChI is InChI=1S/C25H18Cl3NO4/c1-13-4-3-5-16(10-13)29-22(14-6-8-17(26)19(28)11-14)21(24(31)25(29)32)23(30)15-7-9-18(27)20(12-15)33-2/h3-12,22,30H,1-2H3/b23-21-. The predicted molar refractivity (Wildman–Crippen MR) is 130 cm³/mol. The Labute approximate surface area is 205 Å². The van der Waals surface area contributed by atoms with Crippen LogP contribution in [-0.4, -0.2) is 23.9 Å². The number of aliphatic hydroxyl groups is 1. The summed E-state index contributed by atoms with van der Waals surface area (Å²) in [7, 11) is 1.44. The van der Waals surface area contributed by atoms with Crippen molar-refractivity contribution in [1.82, 2.24) is 0 Å². The number of halogens is 3. The van der Waals surface area contributed by atoms with Gasteiger partial charge in [-0.3, -0.25) is 14.5 Å². The average Bonchev–Trinajstić information content (AvgIpc) is 3.06. The Kier molecular flexibility index (Phi) is 6.39. The van der Waals surface area contributed by atoms with Gasteiger partial charge in [-0.2, -0.15) is 0 Å². The van der Waals surface area contributed by atoms with Gasteiger partial charge in [-0.15, -0.1) is 0 Å². The quantitative estimate of drug-likeness (QED) is 0.248. The van der Waals surface area contributed by atoms with Crippen molar-refractivity contribution < 1.29 is 19.4 Å². The van der Waals surface area contributed by atoms with Crippen LogP contribution in [0.5, 0.6) is 5.75 Å². The van der Waals surface area contributed by atoms with Crippen molar-refractivity contribution in [2.24, 2.45) is 0 Å². The minimum atomic E-state index is -0.928. The van der Waals surface area contributed by atoms with Crippen LogP contribution < -0.4 is 9.64 Å². The van der Waals surface area contributed by atoms with Crippen LogP contribution in [0.15, 0.2) is 66.2 Å². The second kappa shape index (κ2) is 9.10. The summed E-state index contributed by atoms with van der Waals surface area (Å²) in [6, 6.07) is 15.7. The normalized spacial score (nSPS) is 17.5. The van der Waals surface area contributed by atoms with Crippen molar-refractivity contribution in [2.75, 3.05) is 12.0 Å². The lowest BCUT2D eigenvalue weighted by molar-refractivity contribution is -0.132. The Balaban J connectivity index is 1.98. The molecule has 0 bridgehead atoms. The Morgan fingerprint density at radius 2 is 1.67 bits per heavy atom. The number of methoxy groups -OCH3 is 1. The van der Waals surface area contributed by atoms with Crippen molar-refractivity contribution in [3.63, 3.8) is 0 Å². The first-order chi connectivity index (χ1) is 15.7. The van der Waals surface area contributed by atoms with E-state index in [9.17, 15) is 14.7 Å². The van der Waals surface area contributed by atoms with Gasteiger partial charge in [0.25, 0.3) is 11.7 Å². The molecule has 0 aliphatic carbocycles. The Hall–Kier alpha value is -2.99. The molecular weight excluding hydrogens is 485 g/mol. The summed E-state index contributed by atoms with van der Waals surface area (Å²) in [5, 5.41) is 12.1. The highest BCUT2D eigenvalue weighted by molar-refractivity contribution is 6.52. The smallest absolute Gasteiger partial charge is 0.300 e. The number of carbonyl (C=O) groups excluding carboxylic acids is 2. The summed E-state index contributed by atoms with van der Waals surface area (Å²) in [6.07, 6.45) is 0. The number of benzene rings is 3. The zero-order valence-electron chi connectivity index (χ0n) is 17.6.